The fourth-order valence-electron chi connectivity index (χ4n) is 2.28. The first-order chi connectivity index (χ1) is 11.9. The fraction of sp³-hybridized carbons (Fsp3) is 0.312. The summed E-state index contributed by atoms with van der Waals surface area (Å²) in [7, 11) is 5.31. The van der Waals surface area contributed by atoms with Crippen LogP contribution in [-0.2, 0) is 0 Å². The van der Waals surface area contributed by atoms with Crippen LogP contribution < -0.4 is 15.4 Å². The molecule has 2 rings (SSSR count). The molecule has 8 nitrogen and oxygen atoms in total. The van der Waals surface area contributed by atoms with E-state index < -0.39 is 11.0 Å². The van der Waals surface area contributed by atoms with Gasteiger partial charge in [0.15, 0.2) is 0 Å². The van der Waals surface area contributed by atoms with E-state index in [0.717, 1.165) is 4.88 Å². The van der Waals surface area contributed by atoms with Gasteiger partial charge in [0.1, 0.15) is 5.75 Å². The molecule has 1 unspecified atom stereocenters. The van der Waals surface area contributed by atoms with Crippen molar-refractivity contribution in [2.24, 2.45) is 0 Å². The van der Waals surface area contributed by atoms with Crippen molar-refractivity contribution in [2.45, 2.75) is 6.04 Å². The van der Waals surface area contributed by atoms with E-state index in [0.29, 0.717) is 12.3 Å². The van der Waals surface area contributed by atoms with Crippen LogP contribution in [0, 0.1) is 10.1 Å². The summed E-state index contributed by atoms with van der Waals surface area (Å²) < 4.78 is 5.13. The molecule has 1 atom stereocenters. The minimum atomic E-state index is -0.526. The van der Waals surface area contributed by atoms with Gasteiger partial charge in [0.05, 0.1) is 23.8 Å². The SMILES string of the molecule is COc1ccc([N+](=O)[O-])cc1NC(=O)NCC(c1cccs1)N(C)C. The number of hydrogen-bond acceptors (Lipinski definition) is 6. The van der Waals surface area contributed by atoms with Gasteiger partial charge in [-0.25, -0.2) is 4.79 Å². The normalized spacial score (nSPS) is 11.8. The van der Waals surface area contributed by atoms with E-state index in [2.05, 4.69) is 10.6 Å². The Bertz CT molecular complexity index is 734. The van der Waals surface area contributed by atoms with Gasteiger partial charge >= 0.3 is 6.03 Å². The number of nitro groups is 1. The van der Waals surface area contributed by atoms with Gasteiger partial charge in [-0.05, 0) is 31.6 Å². The van der Waals surface area contributed by atoms with Gasteiger partial charge in [-0.15, -0.1) is 11.3 Å². The highest BCUT2D eigenvalue weighted by Crippen LogP contribution is 2.29. The molecule has 0 aliphatic rings. The molecule has 0 radical (unpaired) electrons. The van der Waals surface area contributed by atoms with Crippen molar-refractivity contribution in [1.82, 2.24) is 10.2 Å². The second-order valence-electron chi connectivity index (χ2n) is 5.47. The van der Waals surface area contributed by atoms with E-state index >= 15 is 0 Å². The molecule has 9 heteroatoms. The third kappa shape index (κ3) is 4.91. The molecule has 0 saturated carbocycles. The molecule has 25 heavy (non-hydrogen) atoms. The van der Waals surface area contributed by atoms with E-state index in [4.69, 9.17) is 4.74 Å². The van der Waals surface area contributed by atoms with Crippen molar-refractivity contribution in [2.75, 3.05) is 33.1 Å². The highest BCUT2D eigenvalue weighted by atomic mass is 32.1. The molecule has 1 aromatic heterocycles. The van der Waals surface area contributed by atoms with Crippen LogP contribution in [-0.4, -0.2) is 43.6 Å². The zero-order valence-corrected chi connectivity index (χ0v) is 15.0. The largest absolute Gasteiger partial charge is 0.495 e. The number of carbonyl (C=O) groups is 1. The summed E-state index contributed by atoms with van der Waals surface area (Å²) in [5, 5.41) is 18.3. The predicted molar refractivity (Wildman–Crippen MR) is 97.4 cm³/mol. The van der Waals surface area contributed by atoms with Crippen LogP contribution in [0.1, 0.15) is 10.9 Å². The van der Waals surface area contributed by atoms with Crippen LogP contribution in [0.4, 0.5) is 16.2 Å². The van der Waals surface area contributed by atoms with Crippen LogP contribution in [0.25, 0.3) is 0 Å². The standard InChI is InChI=1S/C16H20N4O4S/c1-19(2)13(15-5-4-8-25-15)10-17-16(21)18-12-9-11(20(22)23)6-7-14(12)24-3/h4-9,13H,10H2,1-3H3,(H2,17,18,21). The molecule has 0 bridgehead atoms. The molecule has 2 amide bonds. The molecule has 1 aromatic carbocycles. The molecule has 134 valence electrons. The number of likely N-dealkylation sites (N-methyl/N-ethyl adjacent to an activating group) is 1. The van der Waals surface area contributed by atoms with E-state index in [9.17, 15) is 14.9 Å². The van der Waals surface area contributed by atoms with Gasteiger partial charge in [0.25, 0.3) is 5.69 Å². The molecule has 1 heterocycles. The molecule has 2 N–H and O–H groups in total. The molecule has 0 spiro atoms. The third-order valence-electron chi connectivity index (χ3n) is 3.59. The number of non-ortho nitro benzene ring substituents is 1. The first kappa shape index (κ1) is 18.7. The number of thiophene rings is 1. The van der Waals surface area contributed by atoms with Crippen LogP contribution in [0.3, 0.4) is 0 Å². The lowest BCUT2D eigenvalue weighted by atomic mass is 10.2. The summed E-state index contributed by atoms with van der Waals surface area (Å²) in [6, 6.07) is 7.59. The zero-order chi connectivity index (χ0) is 18.4. The first-order valence-electron chi connectivity index (χ1n) is 7.49. The molecule has 0 saturated heterocycles. The van der Waals surface area contributed by atoms with Crippen molar-refractivity contribution in [3.63, 3.8) is 0 Å². The van der Waals surface area contributed by atoms with Crippen LogP contribution in [0.5, 0.6) is 5.75 Å². The summed E-state index contributed by atoms with van der Waals surface area (Å²) in [6.07, 6.45) is 0. The lowest BCUT2D eigenvalue weighted by Crippen LogP contribution is -2.36. The molecule has 0 aliphatic heterocycles. The number of nitrogens with one attached hydrogen (secondary N) is 2. The number of hydrogen-bond donors (Lipinski definition) is 2. The number of anilines is 1. The quantitative estimate of drug-likeness (QED) is 0.581. The minimum Gasteiger partial charge on any atom is -0.495 e. The van der Waals surface area contributed by atoms with Crippen molar-refractivity contribution < 1.29 is 14.5 Å². The van der Waals surface area contributed by atoms with Crippen molar-refractivity contribution in [3.8, 4) is 5.75 Å². The van der Waals surface area contributed by atoms with Gasteiger partial charge in [-0.1, -0.05) is 6.07 Å². The van der Waals surface area contributed by atoms with E-state index in [-0.39, 0.29) is 17.4 Å². The lowest BCUT2D eigenvalue weighted by Gasteiger charge is -2.23. The average Bonchev–Trinajstić information content (AvgIpc) is 3.08. The third-order valence-corrected chi connectivity index (χ3v) is 4.57. The van der Waals surface area contributed by atoms with Crippen molar-refractivity contribution in [3.05, 3.63) is 50.7 Å². The van der Waals surface area contributed by atoms with Crippen LogP contribution >= 0.6 is 11.3 Å². The number of amides is 2. The number of rotatable bonds is 7. The Kier molecular flexibility index (Phi) is 6.31. The van der Waals surface area contributed by atoms with Gasteiger partial charge in [-0.3, -0.25) is 10.1 Å². The highest BCUT2D eigenvalue weighted by molar-refractivity contribution is 7.10. The van der Waals surface area contributed by atoms with Crippen LogP contribution in [0.2, 0.25) is 0 Å². The maximum absolute atomic E-state index is 12.2. The van der Waals surface area contributed by atoms with E-state index in [1.54, 1.807) is 11.3 Å². The zero-order valence-electron chi connectivity index (χ0n) is 14.2. The predicted octanol–water partition coefficient (Wildman–Crippen LogP) is 3.09. The number of benzene rings is 1. The Labute approximate surface area is 149 Å². The van der Waals surface area contributed by atoms with E-state index in [1.807, 2.05) is 36.5 Å². The molecule has 0 fully saturated rings. The van der Waals surface area contributed by atoms with Gasteiger partial charge < -0.3 is 20.3 Å². The second-order valence-corrected chi connectivity index (χ2v) is 6.45. The molecular weight excluding hydrogens is 344 g/mol. The van der Waals surface area contributed by atoms with Crippen LogP contribution in [0.15, 0.2) is 35.7 Å². The number of nitro benzene ring substituents is 1. The van der Waals surface area contributed by atoms with Gasteiger partial charge in [-0.2, -0.15) is 0 Å². The number of urea groups is 1. The topological polar surface area (TPSA) is 96.7 Å². The number of ether oxygens (including phenoxy) is 1. The van der Waals surface area contributed by atoms with Gasteiger partial charge in [0.2, 0.25) is 0 Å². The Morgan fingerprint density at radius 2 is 2.16 bits per heavy atom. The number of methoxy groups -OCH3 is 1. The summed E-state index contributed by atoms with van der Waals surface area (Å²) >= 11 is 1.62. The Morgan fingerprint density at radius 3 is 2.72 bits per heavy atom. The number of nitrogens with zero attached hydrogens (tertiary/aromatic N) is 2. The monoisotopic (exact) mass is 364 g/mol. The molecular formula is C16H20N4O4S. The number of carbonyl (C=O) groups excluding carboxylic acids is 1. The Hall–Kier alpha value is -2.65. The van der Waals surface area contributed by atoms with Gasteiger partial charge in [0, 0.05) is 23.6 Å². The minimum absolute atomic E-state index is 0.0396. The highest BCUT2D eigenvalue weighted by Gasteiger charge is 2.18. The maximum Gasteiger partial charge on any atom is 0.319 e. The smallest absolute Gasteiger partial charge is 0.319 e. The summed E-state index contributed by atoms with van der Waals surface area (Å²) in [4.78, 5) is 25.7. The molecule has 0 aliphatic carbocycles. The van der Waals surface area contributed by atoms with E-state index in [1.165, 1.54) is 25.3 Å². The summed E-state index contributed by atoms with van der Waals surface area (Å²) in [6.45, 7) is 0.399. The van der Waals surface area contributed by atoms with Crippen molar-refractivity contribution >= 4 is 28.7 Å². The fourth-order valence-corrected chi connectivity index (χ4v) is 3.20. The molecule has 2 aromatic rings. The second kappa shape index (κ2) is 8.45. The average molecular weight is 364 g/mol. The first-order valence-corrected chi connectivity index (χ1v) is 8.37. The maximum atomic E-state index is 12.2. The lowest BCUT2D eigenvalue weighted by molar-refractivity contribution is -0.384. The summed E-state index contributed by atoms with van der Waals surface area (Å²) in [5.74, 6) is 0.350. The Balaban J connectivity index is 2.04. The van der Waals surface area contributed by atoms with Crippen molar-refractivity contribution in [1.29, 1.82) is 0 Å². The Morgan fingerprint density at radius 1 is 1.40 bits per heavy atom. The summed E-state index contributed by atoms with van der Waals surface area (Å²) in [5.41, 5.74) is 0.118.